The van der Waals surface area contributed by atoms with E-state index in [1.807, 2.05) is 20.9 Å². The van der Waals surface area contributed by atoms with Gasteiger partial charge in [-0.05, 0) is 33.7 Å². The highest BCUT2D eigenvalue weighted by molar-refractivity contribution is 5.90. The van der Waals surface area contributed by atoms with E-state index < -0.39 is 0 Å². The van der Waals surface area contributed by atoms with Gasteiger partial charge in [-0.25, -0.2) is 4.68 Å². The van der Waals surface area contributed by atoms with Gasteiger partial charge in [-0.15, -0.1) is 5.10 Å². The van der Waals surface area contributed by atoms with E-state index >= 15 is 0 Å². The van der Waals surface area contributed by atoms with E-state index in [-0.39, 0.29) is 42.2 Å². The predicted molar refractivity (Wildman–Crippen MR) is 118 cm³/mol. The van der Waals surface area contributed by atoms with E-state index in [9.17, 15) is 9.59 Å². The molecule has 2 atom stereocenters. The summed E-state index contributed by atoms with van der Waals surface area (Å²) in [4.78, 5) is 39.3. The van der Waals surface area contributed by atoms with Gasteiger partial charge in [0.15, 0.2) is 0 Å². The Balaban J connectivity index is 0.00000122. The number of ether oxygens (including phenoxy) is 1. The highest BCUT2D eigenvalue weighted by atomic mass is 16.5. The number of carboxylic acid groups (broad SMARTS) is 1. The van der Waals surface area contributed by atoms with Gasteiger partial charge in [0.25, 0.3) is 12.4 Å². The fourth-order valence-corrected chi connectivity index (χ4v) is 3.82. The molecule has 0 bridgehead atoms. The summed E-state index contributed by atoms with van der Waals surface area (Å²) in [5.74, 6) is -0.244. The first kappa shape index (κ1) is 25.8. The first-order valence-corrected chi connectivity index (χ1v) is 10.5. The molecule has 1 aliphatic rings. The lowest BCUT2D eigenvalue weighted by molar-refractivity contribution is -0.123. The van der Waals surface area contributed by atoms with Crippen LogP contribution in [0.25, 0.3) is 0 Å². The number of nitrogens with zero attached hydrogens (tertiary/aromatic N) is 5. The Morgan fingerprint density at radius 1 is 1.24 bits per heavy atom. The molecule has 0 radical (unpaired) electrons. The maximum Gasteiger partial charge on any atom is 0.314 e. The number of aromatic nitrogens is 5. The Kier molecular flexibility index (Phi) is 9.33. The van der Waals surface area contributed by atoms with Crippen LogP contribution in [-0.4, -0.2) is 86.0 Å². The second-order valence-corrected chi connectivity index (χ2v) is 7.81. The number of amides is 2. The van der Waals surface area contributed by atoms with E-state index in [4.69, 9.17) is 14.6 Å². The average molecular weight is 465 g/mol. The number of aryl methyl sites for hydroxylation is 3. The molecular weight excluding hydrogens is 432 g/mol. The van der Waals surface area contributed by atoms with Crippen molar-refractivity contribution in [2.24, 2.45) is 7.05 Å². The Bertz CT molecular complexity index is 937. The van der Waals surface area contributed by atoms with E-state index in [0.29, 0.717) is 19.5 Å². The molecule has 2 aromatic rings. The van der Waals surface area contributed by atoms with Crippen molar-refractivity contribution in [1.82, 2.24) is 40.5 Å². The number of carbonyl (C=O) groups is 3. The predicted octanol–water partition coefficient (Wildman–Crippen LogP) is -0.236. The van der Waals surface area contributed by atoms with E-state index in [1.54, 1.807) is 7.05 Å². The highest BCUT2D eigenvalue weighted by Gasteiger charge is 2.32. The van der Waals surface area contributed by atoms with Crippen LogP contribution in [0.3, 0.4) is 0 Å². The Hall–Kier alpha value is -3.48. The molecule has 2 aromatic heterocycles. The minimum absolute atomic E-state index is 0.0151. The first-order chi connectivity index (χ1) is 15.7. The van der Waals surface area contributed by atoms with Crippen molar-refractivity contribution in [3.05, 3.63) is 22.8 Å². The molecule has 13 nitrogen and oxygen atoms in total. The molecule has 182 valence electrons. The number of rotatable bonds is 8. The zero-order chi connectivity index (χ0) is 24.5. The van der Waals surface area contributed by atoms with Gasteiger partial charge >= 0.3 is 6.01 Å². The molecule has 0 unspecified atom stereocenters. The number of carbonyl (C=O) groups excluding carboxylic acids is 2. The lowest BCUT2D eigenvalue weighted by Crippen LogP contribution is -2.42. The number of aromatic amines is 1. The van der Waals surface area contributed by atoms with Crippen LogP contribution in [0.5, 0.6) is 6.01 Å². The van der Waals surface area contributed by atoms with Gasteiger partial charge in [0.1, 0.15) is 0 Å². The highest BCUT2D eigenvalue weighted by Crippen LogP contribution is 2.24. The first-order valence-electron chi connectivity index (χ1n) is 10.5. The lowest BCUT2D eigenvalue weighted by atomic mass is 10.1. The molecule has 0 spiro atoms. The number of hydrogen-bond acceptors (Lipinski definition) is 8. The fraction of sp³-hybridized carbons (Fsp3) is 0.600. The maximum atomic E-state index is 12.4. The molecule has 0 aliphatic carbocycles. The second kappa shape index (κ2) is 11.9. The van der Waals surface area contributed by atoms with Gasteiger partial charge < -0.3 is 20.5 Å². The van der Waals surface area contributed by atoms with Crippen molar-refractivity contribution in [1.29, 1.82) is 0 Å². The van der Waals surface area contributed by atoms with Crippen LogP contribution in [0, 0.1) is 13.8 Å². The van der Waals surface area contributed by atoms with E-state index in [2.05, 4.69) is 35.8 Å². The third-order valence-electron chi connectivity index (χ3n) is 5.76. The van der Waals surface area contributed by atoms with Crippen LogP contribution in [0.1, 0.15) is 46.8 Å². The second-order valence-electron chi connectivity index (χ2n) is 7.81. The van der Waals surface area contributed by atoms with Crippen molar-refractivity contribution in [3.63, 3.8) is 0 Å². The molecule has 33 heavy (non-hydrogen) atoms. The number of nitrogens with one attached hydrogen (secondary N) is 3. The monoisotopic (exact) mass is 464 g/mol. The molecule has 0 aromatic carbocycles. The maximum absolute atomic E-state index is 12.4. The molecule has 2 amide bonds. The summed E-state index contributed by atoms with van der Waals surface area (Å²) in [7, 11) is 5.14. The summed E-state index contributed by atoms with van der Waals surface area (Å²) in [6.07, 6.45) is 2.24. The average Bonchev–Trinajstić information content (AvgIpc) is 3.43. The number of likely N-dealkylation sites (tertiary alicyclic amines) is 1. The number of H-pyrrole nitrogens is 1. The summed E-state index contributed by atoms with van der Waals surface area (Å²) >= 11 is 0. The van der Waals surface area contributed by atoms with Crippen LogP contribution in [0.4, 0.5) is 0 Å². The Labute approximate surface area is 191 Å². The summed E-state index contributed by atoms with van der Waals surface area (Å²) in [5, 5.41) is 23.9. The minimum atomic E-state index is -0.339. The summed E-state index contributed by atoms with van der Waals surface area (Å²) in [5.41, 5.74) is 2.91. The summed E-state index contributed by atoms with van der Waals surface area (Å²) in [6, 6.07) is 0.590. The molecular formula is C20H32N8O5. The normalized spacial score (nSPS) is 17.7. The third-order valence-corrected chi connectivity index (χ3v) is 5.76. The van der Waals surface area contributed by atoms with Crippen LogP contribution in [0.15, 0.2) is 0 Å². The van der Waals surface area contributed by atoms with Gasteiger partial charge in [0.05, 0.1) is 12.8 Å². The largest absolute Gasteiger partial charge is 0.483 e. The fourth-order valence-electron chi connectivity index (χ4n) is 3.82. The van der Waals surface area contributed by atoms with Crippen LogP contribution >= 0.6 is 0 Å². The Morgan fingerprint density at radius 3 is 2.48 bits per heavy atom. The molecule has 1 saturated heterocycles. The third kappa shape index (κ3) is 6.75. The minimum Gasteiger partial charge on any atom is -0.483 e. The summed E-state index contributed by atoms with van der Waals surface area (Å²) in [6.45, 7) is 4.57. The van der Waals surface area contributed by atoms with Gasteiger partial charge in [-0.2, -0.15) is 10.1 Å². The zero-order valence-corrected chi connectivity index (χ0v) is 19.6. The zero-order valence-electron chi connectivity index (χ0n) is 19.6. The van der Waals surface area contributed by atoms with Gasteiger partial charge in [0.2, 0.25) is 11.7 Å². The van der Waals surface area contributed by atoms with Gasteiger partial charge in [-0.1, -0.05) is 0 Å². The van der Waals surface area contributed by atoms with Gasteiger partial charge in [-0.3, -0.25) is 24.4 Å². The quantitative estimate of drug-likeness (QED) is 0.386. The smallest absolute Gasteiger partial charge is 0.314 e. The molecule has 1 fully saturated rings. The molecule has 3 heterocycles. The van der Waals surface area contributed by atoms with Crippen molar-refractivity contribution in [2.45, 2.75) is 51.7 Å². The van der Waals surface area contributed by atoms with E-state index in [1.165, 1.54) is 11.8 Å². The van der Waals surface area contributed by atoms with Crippen molar-refractivity contribution in [2.75, 3.05) is 20.7 Å². The van der Waals surface area contributed by atoms with Crippen molar-refractivity contribution < 1.29 is 24.2 Å². The SMILES string of the molecule is COc1nc(C(=O)NC[C@@H]2CC[C@H](CC(=O)NCc3c(C)n[nH]c3C)N2C)nn1C.O=CO. The standard InChI is InChI=1S/C19H30N8O3.CH2O2/c1-11-15(12(2)24-23-11)10-20-16(28)8-13-6-7-14(26(13)3)9-21-18(29)17-22-19(30-5)27(4)25-17;2-1-3/h13-14H,6-10H2,1-5H3,(H,20,28)(H,21,29)(H,23,24);1H,(H,2,3)/t13-,14+;/m1./s1. The molecule has 4 N–H and O–H groups in total. The summed E-state index contributed by atoms with van der Waals surface area (Å²) < 4.78 is 6.45. The van der Waals surface area contributed by atoms with Crippen molar-refractivity contribution >= 4 is 18.3 Å². The number of hydrogen-bond donors (Lipinski definition) is 4. The lowest BCUT2D eigenvalue weighted by Gasteiger charge is -2.25. The van der Waals surface area contributed by atoms with Crippen LogP contribution in [0.2, 0.25) is 0 Å². The molecule has 1 aliphatic heterocycles. The molecule has 13 heteroatoms. The molecule has 3 rings (SSSR count). The van der Waals surface area contributed by atoms with E-state index in [0.717, 1.165) is 29.8 Å². The number of methoxy groups -OCH3 is 1. The van der Waals surface area contributed by atoms with Crippen molar-refractivity contribution in [3.8, 4) is 6.01 Å². The van der Waals surface area contributed by atoms with Gasteiger partial charge in [0, 0.05) is 49.9 Å². The topological polar surface area (TPSA) is 167 Å². The number of likely N-dealkylation sites (N-methyl/N-ethyl adjacent to an activating group) is 1. The van der Waals surface area contributed by atoms with Crippen LogP contribution < -0.4 is 15.4 Å². The molecule has 0 saturated carbocycles. The Morgan fingerprint density at radius 2 is 1.91 bits per heavy atom. The van der Waals surface area contributed by atoms with Crippen LogP contribution in [-0.2, 0) is 23.2 Å².